The van der Waals surface area contributed by atoms with Crippen molar-refractivity contribution in [2.24, 2.45) is 0 Å². The maximum atomic E-state index is 11.3. The van der Waals surface area contributed by atoms with Gasteiger partial charge in [0.25, 0.3) is 14.7 Å². The number of rotatable bonds is 4. The third-order valence-electron chi connectivity index (χ3n) is 2.02. The fourth-order valence-electron chi connectivity index (χ4n) is 1.31. The number of nitrogens with zero attached hydrogens (tertiary/aromatic N) is 1. The van der Waals surface area contributed by atoms with Gasteiger partial charge in [-0.3, -0.25) is 10.1 Å². The Labute approximate surface area is 103 Å². The molecule has 0 atom stereocenters. The summed E-state index contributed by atoms with van der Waals surface area (Å²) in [5.41, 5.74) is -0.00445. The summed E-state index contributed by atoms with van der Waals surface area (Å²) in [5, 5.41) is 10.7. The molecule has 0 aromatic heterocycles. The molecule has 1 aromatic carbocycles. The first-order valence-corrected chi connectivity index (χ1v) is 6.94. The van der Waals surface area contributed by atoms with E-state index < -0.39 is 18.9 Å². The van der Waals surface area contributed by atoms with Gasteiger partial charge in [0.05, 0.1) is 11.5 Å². The van der Waals surface area contributed by atoms with E-state index in [0.29, 0.717) is 5.56 Å². The SMILES string of the molecule is CCOc1cc(C)c([N+](=O)[O-])cc1S(=O)(=O)Cl. The molecule has 94 valence electrons. The van der Waals surface area contributed by atoms with Gasteiger partial charge in [-0.25, -0.2) is 8.42 Å². The van der Waals surface area contributed by atoms with Crippen LogP contribution in [0.5, 0.6) is 5.75 Å². The quantitative estimate of drug-likeness (QED) is 0.479. The monoisotopic (exact) mass is 279 g/mol. The molecular formula is C9H10ClNO5S. The highest BCUT2D eigenvalue weighted by molar-refractivity contribution is 8.13. The van der Waals surface area contributed by atoms with Crippen LogP contribution >= 0.6 is 10.7 Å². The average Bonchev–Trinajstić information content (AvgIpc) is 2.15. The second kappa shape index (κ2) is 4.89. The zero-order valence-corrected chi connectivity index (χ0v) is 10.7. The lowest BCUT2D eigenvalue weighted by Gasteiger charge is -2.08. The van der Waals surface area contributed by atoms with Crippen LogP contribution in [0.2, 0.25) is 0 Å². The molecule has 0 aliphatic heterocycles. The number of nitro groups is 1. The maximum absolute atomic E-state index is 11.3. The molecule has 0 bridgehead atoms. The Morgan fingerprint density at radius 1 is 1.47 bits per heavy atom. The first-order valence-electron chi connectivity index (χ1n) is 4.64. The minimum absolute atomic E-state index is 0.0191. The predicted octanol–water partition coefficient (Wildman–Crippen LogP) is 2.23. The zero-order valence-electron chi connectivity index (χ0n) is 9.14. The number of aryl methyl sites for hydroxylation is 1. The molecule has 0 N–H and O–H groups in total. The summed E-state index contributed by atoms with van der Waals surface area (Å²) >= 11 is 0. The molecule has 0 amide bonds. The summed E-state index contributed by atoms with van der Waals surface area (Å²) < 4.78 is 27.6. The van der Waals surface area contributed by atoms with Crippen molar-refractivity contribution >= 4 is 25.4 Å². The first-order chi connectivity index (χ1) is 7.77. The molecule has 17 heavy (non-hydrogen) atoms. The number of ether oxygens (including phenoxy) is 1. The zero-order chi connectivity index (χ0) is 13.2. The van der Waals surface area contributed by atoms with Crippen molar-refractivity contribution in [2.75, 3.05) is 6.61 Å². The molecule has 0 fully saturated rings. The topological polar surface area (TPSA) is 86.5 Å². The van der Waals surface area contributed by atoms with E-state index >= 15 is 0 Å². The van der Waals surface area contributed by atoms with Gasteiger partial charge in [0.1, 0.15) is 10.6 Å². The Morgan fingerprint density at radius 2 is 2.06 bits per heavy atom. The highest BCUT2D eigenvalue weighted by Gasteiger charge is 2.23. The minimum atomic E-state index is -4.09. The summed E-state index contributed by atoms with van der Waals surface area (Å²) in [6.07, 6.45) is 0. The van der Waals surface area contributed by atoms with E-state index in [1.165, 1.54) is 13.0 Å². The molecule has 0 saturated heterocycles. The van der Waals surface area contributed by atoms with Gasteiger partial charge in [-0.1, -0.05) is 0 Å². The molecule has 6 nitrogen and oxygen atoms in total. The molecule has 1 aromatic rings. The summed E-state index contributed by atoms with van der Waals surface area (Å²) in [5.74, 6) is 0.0191. The molecule has 0 radical (unpaired) electrons. The van der Waals surface area contributed by atoms with Crippen molar-refractivity contribution in [1.29, 1.82) is 0 Å². The van der Waals surface area contributed by atoms with E-state index in [1.807, 2.05) is 0 Å². The van der Waals surface area contributed by atoms with Crippen LogP contribution in [-0.4, -0.2) is 19.9 Å². The fourth-order valence-corrected chi connectivity index (χ4v) is 2.28. The van der Waals surface area contributed by atoms with E-state index in [9.17, 15) is 18.5 Å². The number of hydrogen-bond donors (Lipinski definition) is 0. The van der Waals surface area contributed by atoms with Gasteiger partial charge in [0, 0.05) is 22.3 Å². The second-order valence-electron chi connectivity index (χ2n) is 3.21. The molecule has 0 unspecified atom stereocenters. The third kappa shape index (κ3) is 3.07. The van der Waals surface area contributed by atoms with Crippen LogP contribution in [-0.2, 0) is 9.05 Å². The van der Waals surface area contributed by atoms with Crippen molar-refractivity contribution in [1.82, 2.24) is 0 Å². The van der Waals surface area contributed by atoms with E-state index in [0.717, 1.165) is 6.07 Å². The average molecular weight is 280 g/mol. The maximum Gasteiger partial charge on any atom is 0.273 e. The van der Waals surface area contributed by atoms with E-state index in [2.05, 4.69) is 0 Å². The first kappa shape index (κ1) is 13.7. The number of benzene rings is 1. The van der Waals surface area contributed by atoms with E-state index in [-0.39, 0.29) is 18.0 Å². The highest BCUT2D eigenvalue weighted by Crippen LogP contribution is 2.33. The van der Waals surface area contributed by atoms with Gasteiger partial charge in [-0.2, -0.15) is 0 Å². The summed E-state index contributed by atoms with van der Waals surface area (Å²) in [6, 6.07) is 2.19. The lowest BCUT2D eigenvalue weighted by Crippen LogP contribution is -2.02. The predicted molar refractivity (Wildman–Crippen MR) is 62.0 cm³/mol. The fraction of sp³-hybridized carbons (Fsp3) is 0.333. The molecule has 0 aliphatic rings. The van der Waals surface area contributed by atoms with Crippen LogP contribution in [0.4, 0.5) is 5.69 Å². The van der Waals surface area contributed by atoms with Crippen LogP contribution in [0.15, 0.2) is 17.0 Å². The number of nitro benzene ring substituents is 1. The Balaban J connectivity index is 3.53. The van der Waals surface area contributed by atoms with Crippen molar-refractivity contribution in [3.05, 3.63) is 27.8 Å². The van der Waals surface area contributed by atoms with Gasteiger partial charge in [0.15, 0.2) is 0 Å². The number of halogens is 1. The van der Waals surface area contributed by atoms with Gasteiger partial charge >= 0.3 is 0 Å². The van der Waals surface area contributed by atoms with Gasteiger partial charge in [0.2, 0.25) is 0 Å². The van der Waals surface area contributed by atoms with Gasteiger partial charge in [-0.15, -0.1) is 0 Å². The molecular weight excluding hydrogens is 270 g/mol. The summed E-state index contributed by atoms with van der Waals surface area (Å²) in [7, 11) is 1.11. The highest BCUT2D eigenvalue weighted by atomic mass is 35.7. The Kier molecular flexibility index (Phi) is 3.94. The third-order valence-corrected chi connectivity index (χ3v) is 3.36. The summed E-state index contributed by atoms with van der Waals surface area (Å²) in [6.45, 7) is 3.39. The van der Waals surface area contributed by atoms with Crippen LogP contribution in [0.1, 0.15) is 12.5 Å². The van der Waals surface area contributed by atoms with E-state index in [1.54, 1.807) is 6.92 Å². The molecule has 1 rings (SSSR count). The lowest BCUT2D eigenvalue weighted by molar-refractivity contribution is -0.385. The number of hydrogen-bond acceptors (Lipinski definition) is 5. The van der Waals surface area contributed by atoms with Crippen LogP contribution in [0.3, 0.4) is 0 Å². The standard InChI is InChI=1S/C9H10ClNO5S/c1-3-16-8-4-6(2)7(11(12)13)5-9(8)17(10,14)15/h4-5H,3H2,1-2H3. The molecule has 0 saturated carbocycles. The smallest absolute Gasteiger partial charge is 0.273 e. The largest absolute Gasteiger partial charge is 0.492 e. The Hall–Kier alpha value is -1.34. The van der Waals surface area contributed by atoms with E-state index in [4.69, 9.17) is 15.4 Å². The molecule has 0 spiro atoms. The lowest BCUT2D eigenvalue weighted by atomic mass is 10.2. The molecule has 0 heterocycles. The van der Waals surface area contributed by atoms with Crippen molar-refractivity contribution in [2.45, 2.75) is 18.7 Å². The summed E-state index contributed by atoms with van der Waals surface area (Å²) in [4.78, 5) is 9.64. The van der Waals surface area contributed by atoms with Gasteiger partial charge in [-0.05, 0) is 19.9 Å². The molecule has 8 heteroatoms. The van der Waals surface area contributed by atoms with Crippen LogP contribution < -0.4 is 4.74 Å². The normalized spacial score (nSPS) is 11.2. The Bertz CT molecular complexity index is 555. The van der Waals surface area contributed by atoms with Crippen LogP contribution in [0.25, 0.3) is 0 Å². The van der Waals surface area contributed by atoms with Gasteiger partial charge < -0.3 is 4.74 Å². The second-order valence-corrected chi connectivity index (χ2v) is 5.75. The van der Waals surface area contributed by atoms with Crippen molar-refractivity contribution in [3.63, 3.8) is 0 Å². The van der Waals surface area contributed by atoms with Crippen molar-refractivity contribution < 1.29 is 18.1 Å². The minimum Gasteiger partial charge on any atom is -0.492 e. The molecule has 0 aliphatic carbocycles. The van der Waals surface area contributed by atoms with Crippen molar-refractivity contribution in [3.8, 4) is 5.75 Å². The Morgan fingerprint density at radius 3 is 2.47 bits per heavy atom. The van der Waals surface area contributed by atoms with Crippen LogP contribution in [0, 0.1) is 17.0 Å².